The van der Waals surface area contributed by atoms with Gasteiger partial charge in [-0.1, -0.05) is 6.08 Å². The number of rotatable bonds is 4. The number of amides is 1. The van der Waals surface area contributed by atoms with Crippen molar-refractivity contribution < 1.29 is 9.18 Å². The molecule has 0 bridgehead atoms. The number of nitrogens with two attached hydrogens (primary N) is 1. The molecule has 3 nitrogen and oxygen atoms in total. The fourth-order valence-corrected chi connectivity index (χ4v) is 1.24. The molecule has 0 aliphatic rings. The third kappa shape index (κ3) is 3.17. The van der Waals surface area contributed by atoms with Crippen LogP contribution >= 0.6 is 0 Å². The zero-order valence-corrected chi connectivity index (χ0v) is 9.16. The third-order valence-corrected chi connectivity index (χ3v) is 2.18. The van der Waals surface area contributed by atoms with E-state index in [1.54, 1.807) is 19.1 Å². The SMILES string of the molecule is C=CCC(N)C(=O)Nc1ccc(F)c(C)c1. The second-order valence-electron chi connectivity index (χ2n) is 3.58. The van der Waals surface area contributed by atoms with Crippen LogP contribution in [-0.4, -0.2) is 11.9 Å². The molecule has 1 amide bonds. The molecule has 0 aromatic heterocycles. The standard InChI is InChI=1S/C12H15FN2O/c1-3-4-11(14)12(16)15-9-5-6-10(13)8(2)7-9/h3,5-7,11H,1,4,14H2,2H3,(H,15,16). The van der Waals surface area contributed by atoms with Crippen LogP contribution in [0, 0.1) is 12.7 Å². The monoisotopic (exact) mass is 222 g/mol. The first-order valence-corrected chi connectivity index (χ1v) is 4.98. The molecule has 1 rings (SSSR count). The highest BCUT2D eigenvalue weighted by molar-refractivity contribution is 5.94. The van der Waals surface area contributed by atoms with E-state index in [1.807, 2.05) is 0 Å². The van der Waals surface area contributed by atoms with Gasteiger partial charge in [0.05, 0.1) is 6.04 Å². The lowest BCUT2D eigenvalue weighted by Crippen LogP contribution is -2.35. The number of hydrogen-bond donors (Lipinski definition) is 2. The highest BCUT2D eigenvalue weighted by Crippen LogP contribution is 2.13. The van der Waals surface area contributed by atoms with Crippen molar-refractivity contribution in [2.24, 2.45) is 5.73 Å². The Morgan fingerprint density at radius 2 is 2.38 bits per heavy atom. The van der Waals surface area contributed by atoms with Gasteiger partial charge in [-0.15, -0.1) is 6.58 Å². The van der Waals surface area contributed by atoms with E-state index in [-0.39, 0.29) is 11.7 Å². The van der Waals surface area contributed by atoms with E-state index in [9.17, 15) is 9.18 Å². The topological polar surface area (TPSA) is 55.1 Å². The quantitative estimate of drug-likeness (QED) is 0.765. The van der Waals surface area contributed by atoms with Gasteiger partial charge in [-0.05, 0) is 37.1 Å². The molecule has 1 atom stereocenters. The van der Waals surface area contributed by atoms with Crippen LogP contribution in [0.2, 0.25) is 0 Å². The minimum atomic E-state index is -0.622. The van der Waals surface area contributed by atoms with Gasteiger partial charge < -0.3 is 11.1 Å². The average Bonchev–Trinajstić information content (AvgIpc) is 2.24. The molecule has 0 aliphatic carbocycles. The van der Waals surface area contributed by atoms with E-state index < -0.39 is 6.04 Å². The third-order valence-electron chi connectivity index (χ3n) is 2.18. The van der Waals surface area contributed by atoms with Crippen molar-refractivity contribution >= 4 is 11.6 Å². The van der Waals surface area contributed by atoms with Crippen LogP contribution in [-0.2, 0) is 4.79 Å². The predicted octanol–water partition coefficient (Wildman–Crippen LogP) is 1.98. The van der Waals surface area contributed by atoms with Gasteiger partial charge in [0.1, 0.15) is 5.82 Å². The molecule has 1 aromatic carbocycles. The number of anilines is 1. The van der Waals surface area contributed by atoms with Gasteiger partial charge in [0, 0.05) is 5.69 Å². The first-order chi connectivity index (χ1) is 7.54. The molecule has 1 aromatic rings. The summed E-state index contributed by atoms with van der Waals surface area (Å²) >= 11 is 0. The van der Waals surface area contributed by atoms with Crippen molar-refractivity contribution in [3.63, 3.8) is 0 Å². The maximum atomic E-state index is 13.0. The second kappa shape index (κ2) is 5.42. The van der Waals surface area contributed by atoms with E-state index in [1.165, 1.54) is 12.1 Å². The van der Waals surface area contributed by atoms with Crippen molar-refractivity contribution in [1.29, 1.82) is 0 Å². The summed E-state index contributed by atoms with van der Waals surface area (Å²) in [4.78, 5) is 11.5. The summed E-state index contributed by atoms with van der Waals surface area (Å²) in [7, 11) is 0. The molecule has 0 spiro atoms. The largest absolute Gasteiger partial charge is 0.325 e. The number of aryl methyl sites for hydroxylation is 1. The van der Waals surface area contributed by atoms with Crippen molar-refractivity contribution in [2.45, 2.75) is 19.4 Å². The Morgan fingerprint density at radius 3 is 2.94 bits per heavy atom. The predicted molar refractivity (Wildman–Crippen MR) is 62.6 cm³/mol. The Kier molecular flexibility index (Phi) is 4.19. The van der Waals surface area contributed by atoms with Crippen LogP contribution in [0.25, 0.3) is 0 Å². The second-order valence-corrected chi connectivity index (χ2v) is 3.58. The molecule has 0 saturated carbocycles. The zero-order valence-electron chi connectivity index (χ0n) is 9.16. The summed E-state index contributed by atoms with van der Waals surface area (Å²) in [6.45, 7) is 5.14. The van der Waals surface area contributed by atoms with Crippen LogP contribution in [0.1, 0.15) is 12.0 Å². The fraction of sp³-hybridized carbons (Fsp3) is 0.250. The van der Waals surface area contributed by atoms with E-state index in [0.29, 0.717) is 17.7 Å². The fourth-order valence-electron chi connectivity index (χ4n) is 1.24. The summed E-state index contributed by atoms with van der Waals surface area (Å²) in [6.07, 6.45) is 1.99. The van der Waals surface area contributed by atoms with Gasteiger partial charge in [0.2, 0.25) is 5.91 Å². The van der Waals surface area contributed by atoms with E-state index in [2.05, 4.69) is 11.9 Å². The molecule has 0 heterocycles. The first-order valence-electron chi connectivity index (χ1n) is 4.98. The number of hydrogen-bond acceptors (Lipinski definition) is 2. The summed E-state index contributed by atoms with van der Waals surface area (Å²) in [5.74, 6) is -0.598. The molecule has 0 fully saturated rings. The summed E-state index contributed by atoms with van der Waals surface area (Å²) in [5.41, 5.74) is 6.61. The highest BCUT2D eigenvalue weighted by Gasteiger charge is 2.11. The Hall–Kier alpha value is -1.68. The number of nitrogens with one attached hydrogen (secondary N) is 1. The Morgan fingerprint density at radius 1 is 1.69 bits per heavy atom. The van der Waals surface area contributed by atoms with Gasteiger partial charge >= 0.3 is 0 Å². The van der Waals surface area contributed by atoms with Crippen LogP contribution in [0.3, 0.4) is 0 Å². The van der Waals surface area contributed by atoms with E-state index in [0.717, 1.165) is 0 Å². The van der Waals surface area contributed by atoms with Gasteiger partial charge in [-0.3, -0.25) is 4.79 Å². The maximum Gasteiger partial charge on any atom is 0.241 e. The highest BCUT2D eigenvalue weighted by atomic mass is 19.1. The number of halogens is 1. The summed E-state index contributed by atoms with van der Waals surface area (Å²) < 4.78 is 13.0. The van der Waals surface area contributed by atoms with Crippen LogP contribution in [0.15, 0.2) is 30.9 Å². The smallest absolute Gasteiger partial charge is 0.241 e. The Balaban J connectivity index is 2.69. The molecular formula is C12H15FN2O. The van der Waals surface area contributed by atoms with Crippen LogP contribution in [0.4, 0.5) is 10.1 Å². The molecule has 16 heavy (non-hydrogen) atoms. The molecule has 86 valence electrons. The van der Waals surface area contributed by atoms with Crippen molar-refractivity contribution in [2.75, 3.05) is 5.32 Å². The Labute approximate surface area is 94.1 Å². The lowest BCUT2D eigenvalue weighted by Gasteiger charge is -2.10. The molecule has 0 aliphatic heterocycles. The van der Waals surface area contributed by atoms with Gasteiger partial charge in [0.25, 0.3) is 0 Å². The minimum Gasteiger partial charge on any atom is -0.325 e. The molecule has 4 heteroatoms. The molecule has 3 N–H and O–H groups in total. The zero-order chi connectivity index (χ0) is 12.1. The van der Waals surface area contributed by atoms with Gasteiger partial charge in [-0.2, -0.15) is 0 Å². The number of benzene rings is 1. The number of carbonyl (C=O) groups is 1. The summed E-state index contributed by atoms with van der Waals surface area (Å²) in [6, 6.07) is 3.75. The van der Waals surface area contributed by atoms with Crippen molar-refractivity contribution in [3.8, 4) is 0 Å². The van der Waals surface area contributed by atoms with E-state index in [4.69, 9.17) is 5.73 Å². The Bertz CT molecular complexity index is 404. The van der Waals surface area contributed by atoms with Crippen molar-refractivity contribution in [1.82, 2.24) is 0 Å². The van der Waals surface area contributed by atoms with Gasteiger partial charge in [0.15, 0.2) is 0 Å². The number of carbonyl (C=O) groups excluding carboxylic acids is 1. The van der Waals surface area contributed by atoms with Crippen LogP contribution in [0.5, 0.6) is 0 Å². The first kappa shape index (κ1) is 12.4. The normalized spacial score (nSPS) is 11.9. The van der Waals surface area contributed by atoms with E-state index >= 15 is 0 Å². The lowest BCUT2D eigenvalue weighted by molar-refractivity contribution is -0.117. The summed E-state index contributed by atoms with van der Waals surface area (Å²) in [5, 5.41) is 2.62. The molecular weight excluding hydrogens is 207 g/mol. The average molecular weight is 222 g/mol. The maximum absolute atomic E-state index is 13.0. The van der Waals surface area contributed by atoms with Crippen molar-refractivity contribution in [3.05, 3.63) is 42.2 Å². The molecule has 0 saturated heterocycles. The van der Waals surface area contributed by atoms with Crippen LogP contribution < -0.4 is 11.1 Å². The molecule has 1 unspecified atom stereocenters. The molecule has 0 radical (unpaired) electrons. The lowest BCUT2D eigenvalue weighted by atomic mass is 10.2. The van der Waals surface area contributed by atoms with Gasteiger partial charge in [-0.25, -0.2) is 4.39 Å². The minimum absolute atomic E-state index is 0.298.